The van der Waals surface area contributed by atoms with Gasteiger partial charge in [0.25, 0.3) is 5.56 Å². The summed E-state index contributed by atoms with van der Waals surface area (Å²) in [6.07, 6.45) is -0.706. The van der Waals surface area contributed by atoms with Gasteiger partial charge in [-0.2, -0.15) is 0 Å². The summed E-state index contributed by atoms with van der Waals surface area (Å²) in [6, 6.07) is 1.17. The van der Waals surface area contributed by atoms with Crippen LogP contribution in [0.1, 0.15) is 12.6 Å². The zero-order chi connectivity index (χ0) is 11.7. The number of aromatic nitrogens is 2. The van der Waals surface area contributed by atoms with Gasteiger partial charge in [0.15, 0.2) is 6.23 Å². The Morgan fingerprint density at radius 3 is 2.88 bits per heavy atom. The molecule has 3 N–H and O–H groups in total. The molecule has 1 aliphatic rings. The Morgan fingerprint density at radius 1 is 1.56 bits per heavy atom. The van der Waals surface area contributed by atoms with Gasteiger partial charge in [-0.15, -0.1) is 0 Å². The van der Waals surface area contributed by atoms with Crippen molar-refractivity contribution in [3.63, 3.8) is 0 Å². The third-order valence-electron chi connectivity index (χ3n) is 2.49. The molecule has 1 aromatic heterocycles. The third kappa shape index (κ3) is 1.92. The lowest BCUT2D eigenvalue weighted by Gasteiger charge is -2.16. The summed E-state index contributed by atoms with van der Waals surface area (Å²) in [4.78, 5) is 24.3. The van der Waals surface area contributed by atoms with E-state index in [2.05, 4.69) is 4.98 Å². The molecule has 2 heterocycles. The van der Waals surface area contributed by atoms with Gasteiger partial charge in [0.05, 0.1) is 12.7 Å². The van der Waals surface area contributed by atoms with Crippen LogP contribution >= 0.6 is 0 Å². The summed E-state index contributed by atoms with van der Waals surface area (Å²) < 4.78 is 6.37. The average Bonchev–Trinajstić information content (AvgIpc) is 2.60. The highest BCUT2D eigenvalue weighted by atomic mass is 16.5. The number of H-pyrrole nitrogens is 1. The second kappa shape index (κ2) is 4.20. The Morgan fingerprint density at radius 2 is 2.31 bits per heavy atom. The Kier molecular flexibility index (Phi) is 2.90. The number of aliphatic hydroxyl groups is 2. The first-order valence-electron chi connectivity index (χ1n) is 4.87. The summed E-state index contributed by atoms with van der Waals surface area (Å²) in [6.45, 7) is -0.217. The molecule has 0 aliphatic carbocycles. The zero-order valence-corrected chi connectivity index (χ0v) is 8.37. The first-order valence-corrected chi connectivity index (χ1v) is 4.87. The maximum absolute atomic E-state index is 11.4. The van der Waals surface area contributed by atoms with Crippen molar-refractivity contribution in [1.82, 2.24) is 9.55 Å². The molecule has 7 nitrogen and oxygen atoms in total. The predicted octanol–water partition coefficient (Wildman–Crippen LogP) is -1.82. The van der Waals surface area contributed by atoms with Crippen molar-refractivity contribution in [3.05, 3.63) is 33.1 Å². The van der Waals surface area contributed by atoms with Crippen LogP contribution in [-0.2, 0) is 4.74 Å². The second-order valence-corrected chi connectivity index (χ2v) is 3.65. The van der Waals surface area contributed by atoms with Gasteiger partial charge in [0.1, 0.15) is 6.10 Å². The lowest BCUT2D eigenvalue weighted by Crippen LogP contribution is -2.34. The van der Waals surface area contributed by atoms with E-state index in [0.717, 1.165) is 4.57 Å². The molecule has 0 spiro atoms. The molecule has 0 amide bonds. The van der Waals surface area contributed by atoms with Crippen LogP contribution < -0.4 is 11.2 Å². The Hall–Kier alpha value is -1.44. The largest absolute Gasteiger partial charge is 0.394 e. The zero-order valence-electron chi connectivity index (χ0n) is 8.37. The predicted molar refractivity (Wildman–Crippen MR) is 52.9 cm³/mol. The minimum Gasteiger partial charge on any atom is -0.394 e. The van der Waals surface area contributed by atoms with Crippen molar-refractivity contribution in [3.8, 4) is 0 Å². The fourth-order valence-corrected chi connectivity index (χ4v) is 1.73. The summed E-state index contributed by atoms with van der Waals surface area (Å²) in [5.41, 5.74) is -1.15. The van der Waals surface area contributed by atoms with Crippen LogP contribution in [0.15, 0.2) is 21.9 Å². The van der Waals surface area contributed by atoms with Crippen LogP contribution in [0.4, 0.5) is 0 Å². The van der Waals surface area contributed by atoms with E-state index in [-0.39, 0.29) is 13.0 Å². The van der Waals surface area contributed by atoms with Crippen molar-refractivity contribution in [1.29, 1.82) is 0 Å². The fourth-order valence-electron chi connectivity index (χ4n) is 1.73. The molecule has 0 aromatic carbocycles. The van der Waals surface area contributed by atoms with Crippen LogP contribution in [0.2, 0.25) is 0 Å². The smallest absolute Gasteiger partial charge is 0.330 e. The maximum atomic E-state index is 11.4. The number of aromatic amines is 1. The van der Waals surface area contributed by atoms with Gasteiger partial charge < -0.3 is 14.9 Å². The highest BCUT2D eigenvalue weighted by Gasteiger charge is 2.35. The van der Waals surface area contributed by atoms with E-state index in [1.54, 1.807) is 0 Å². The van der Waals surface area contributed by atoms with Crippen LogP contribution in [-0.4, -0.2) is 38.6 Å². The second-order valence-electron chi connectivity index (χ2n) is 3.65. The van der Waals surface area contributed by atoms with E-state index in [4.69, 9.17) is 9.84 Å². The normalized spacial score (nSPS) is 29.5. The van der Waals surface area contributed by atoms with E-state index in [0.29, 0.717) is 0 Å². The van der Waals surface area contributed by atoms with Gasteiger partial charge in [-0.25, -0.2) is 4.79 Å². The molecular formula is C9H12N2O5. The molecule has 7 heteroatoms. The molecule has 1 unspecified atom stereocenters. The maximum Gasteiger partial charge on any atom is 0.330 e. The minimum absolute atomic E-state index is 0.217. The van der Waals surface area contributed by atoms with Gasteiger partial charge in [0, 0.05) is 18.7 Å². The summed E-state index contributed by atoms with van der Waals surface area (Å²) >= 11 is 0. The van der Waals surface area contributed by atoms with Gasteiger partial charge in [0.2, 0.25) is 0 Å². The molecule has 1 aliphatic heterocycles. The Balaban J connectivity index is 2.31. The lowest BCUT2D eigenvalue weighted by molar-refractivity contribution is -0.0530. The summed E-state index contributed by atoms with van der Waals surface area (Å²) in [5, 5.41) is 18.5. The van der Waals surface area contributed by atoms with Crippen LogP contribution in [0.3, 0.4) is 0 Å². The molecule has 2 rings (SSSR count). The van der Waals surface area contributed by atoms with E-state index in [9.17, 15) is 14.7 Å². The molecular weight excluding hydrogens is 216 g/mol. The number of ether oxygens (including phenoxy) is 1. The Bertz CT molecular complexity index is 479. The third-order valence-corrected chi connectivity index (χ3v) is 2.49. The molecule has 1 fully saturated rings. The minimum atomic E-state index is -0.874. The number of hydrogen-bond acceptors (Lipinski definition) is 5. The lowest BCUT2D eigenvalue weighted by atomic mass is 10.2. The van der Waals surface area contributed by atoms with Crippen molar-refractivity contribution >= 4 is 0 Å². The van der Waals surface area contributed by atoms with Gasteiger partial charge in [-0.1, -0.05) is 0 Å². The van der Waals surface area contributed by atoms with Crippen LogP contribution in [0.5, 0.6) is 0 Å². The molecule has 0 bridgehead atoms. The summed E-state index contributed by atoms with van der Waals surface area (Å²) in [7, 11) is 0. The topological polar surface area (TPSA) is 105 Å². The van der Waals surface area contributed by atoms with Gasteiger partial charge in [-0.3, -0.25) is 14.3 Å². The van der Waals surface area contributed by atoms with E-state index in [1.165, 1.54) is 12.3 Å². The van der Waals surface area contributed by atoms with E-state index < -0.39 is 29.7 Å². The van der Waals surface area contributed by atoms with Crippen molar-refractivity contribution in [2.45, 2.75) is 24.9 Å². The van der Waals surface area contributed by atoms with Gasteiger partial charge in [-0.05, 0) is 0 Å². The number of nitrogens with zero attached hydrogens (tertiary/aromatic N) is 1. The number of rotatable bonds is 2. The molecule has 0 radical (unpaired) electrons. The SMILES string of the molecule is O=c1ccn([C@H]2O[C@@H](CO)CC2O)c(=O)[nH]1. The molecule has 3 atom stereocenters. The van der Waals surface area contributed by atoms with Crippen molar-refractivity contribution in [2.24, 2.45) is 0 Å². The molecule has 88 valence electrons. The van der Waals surface area contributed by atoms with E-state index >= 15 is 0 Å². The highest BCUT2D eigenvalue weighted by Crippen LogP contribution is 2.26. The molecule has 1 aromatic rings. The monoisotopic (exact) mass is 228 g/mol. The number of aliphatic hydroxyl groups excluding tert-OH is 2. The highest BCUT2D eigenvalue weighted by molar-refractivity contribution is 4.88. The fraction of sp³-hybridized carbons (Fsp3) is 0.556. The van der Waals surface area contributed by atoms with Crippen LogP contribution in [0.25, 0.3) is 0 Å². The van der Waals surface area contributed by atoms with Crippen LogP contribution in [0, 0.1) is 0 Å². The number of nitrogens with one attached hydrogen (secondary N) is 1. The first-order chi connectivity index (χ1) is 7.61. The summed E-state index contributed by atoms with van der Waals surface area (Å²) in [5.74, 6) is 0. The quantitative estimate of drug-likeness (QED) is 0.552. The van der Waals surface area contributed by atoms with E-state index in [1.807, 2.05) is 0 Å². The van der Waals surface area contributed by atoms with Gasteiger partial charge >= 0.3 is 5.69 Å². The molecule has 0 saturated carbocycles. The average molecular weight is 228 g/mol. The first kappa shape index (κ1) is 11.1. The Labute approximate surface area is 89.9 Å². The molecule has 1 saturated heterocycles. The standard InChI is InChI=1S/C9H12N2O5/c12-4-5-3-6(13)8(16-5)11-2-1-7(14)10-9(11)15/h1-2,5-6,8,12-13H,3-4H2,(H,10,14,15)/t5-,6?,8+/m1/s1. The number of hydrogen-bond donors (Lipinski definition) is 3. The van der Waals surface area contributed by atoms with Crippen molar-refractivity contribution in [2.75, 3.05) is 6.61 Å². The molecule has 16 heavy (non-hydrogen) atoms. The van der Waals surface area contributed by atoms with Crippen molar-refractivity contribution < 1.29 is 14.9 Å².